The Hall–Kier alpha value is -2.27. The molecule has 2 aromatic carbocycles. The highest BCUT2D eigenvalue weighted by Gasteiger charge is 2.19. The fraction of sp³-hybridized carbons (Fsp3) is 0.200. The van der Waals surface area contributed by atoms with Crippen molar-refractivity contribution in [2.75, 3.05) is 0 Å². The number of nitro groups is 1. The lowest BCUT2D eigenvalue weighted by Gasteiger charge is -2.13. The van der Waals surface area contributed by atoms with Gasteiger partial charge in [0, 0.05) is 23.6 Å². The molecule has 1 unspecified atom stereocenters. The van der Waals surface area contributed by atoms with E-state index in [-0.39, 0.29) is 17.7 Å². The van der Waals surface area contributed by atoms with Gasteiger partial charge in [-0.2, -0.15) is 0 Å². The van der Waals surface area contributed by atoms with Gasteiger partial charge in [-0.15, -0.1) is 0 Å². The van der Waals surface area contributed by atoms with Gasteiger partial charge in [0.1, 0.15) is 5.82 Å². The fourth-order valence-corrected chi connectivity index (χ4v) is 2.11. The van der Waals surface area contributed by atoms with E-state index in [0.717, 1.165) is 0 Å². The molecule has 4 nitrogen and oxygen atoms in total. The molecule has 1 N–H and O–H groups in total. The molecule has 0 aliphatic heterocycles. The van der Waals surface area contributed by atoms with Gasteiger partial charge in [0.25, 0.3) is 5.69 Å². The number of nitro benzene ring substituents is 1. The number of halogens is 1. The van der Waals surface area contributed by atoms with Crippen LogP contribution in [0.3, 0.4) is 0 Å². The van der Waals surface area contributed by atoms with Crippen molar-refractivity contribution >= 4 is 5.69 Å². The number of benzene rings is 2. The van der Waals surface area contributed by atoms with E-state index in [1.165, 1.54) is 12.1 Å². The topological polar surface area (TPSA) is 63.4 Å². The van der Waals surface area contributed by atoms with Gasteiger partial charge in [-0.1, -0.05) is 36.4 Å². The Kier molecular flexibility index (Phi) is 4.10. The molecule has 20 heavy (non-hydrogen) atoms. The lowest BCUT2D eigenvalue weighted by atomic mass is 9.98. The van der Waals surface area contributed by atoms with Crippen LogP contribution in [0.5, 0.6) is 0 Å². The standard InChI is InChI=1S/C15H14FNO3/c1-10-5-4-7-12(15(10)16)14(18)9-11-6-2-3-8-13(11)17(19)20/h2-8,14,18H,9H2,1H3. The van der Waals surface area contributed by atoms with Crippen LogP contribution >= 0.6 is 0 Å². The fourth-order valence-electron chi connectivity index (χ4n) is 2.11. The van der Waals surface area contributed by atoms with Gasteiger partial charge in [0.05, 0.1) is 11.0 Å². The van der Waals surface area contributed by atoms with Crippen LogP contribution in [0.4, 0.5) is 10.1 Å². The van der Waals surface area contributed by atoms with E-state index in [1.807, 2.05) is 0 Å². The van der Waals surface area contributed by atoms with E-state index in [2.05, 4.69) is 0 Å². The zero-order chi connectivity index (χ0) is 14.7. The van der Waals surface area contributed by atoms with Gasteiger partial charge < -0.3 is 5.11 Å². The van der Waals surface area contributed by atoms with Crippen molar-refractivity contribution in [2.24, 2.45) is 0 Å². The third kappa shape index (κ3) is 2.83. The molecule has 0 radical (unpaired) electrons. The Morgan fingerprint density at radius 1 is 1.25 bits per heavy atom. The molecule has 0 aliphatic rings. The average Bonchev–Trinajstić information content (AvgIpc) is 2.42. The van der Waals surface area contributed by atoms with Crippen molar-refractivity contribution in [3.05, 3.63) is 75.1 Å². The molecule has 0 aliphatic carbocycles. The van der Waals surface area contributed by atoms with Gasteiger partial charge in [0.2, 0.25) is 0 Å². The van der Waals surface area contributed by atoms with E-state index in [4.69, 9.17) is 0 Å². The number of hydrogen-bond acceptors (Lipinski definition) is 3. The SMILES string of the molecule is Cc1cccc(C(O)Cc2ccccc2[N+](=O)[O-])c1F. The summed E-state index contributed by atoms with van der Waals surface area (Å²) in [6.07, 6.45) is -1.12. The van der Waals surface area contributed by atoms with Crippen molar-refractivity contribution in [1.29, 1.82) is 0 Å². The summed E-state index contributed by atoms with van der Waals surface area (Å²) >= 11 is 0. The van der Waals surface area contributed by atoms with Crippen molar-refractivity contribution in [3.8, 4) is 0 Å². The molecule has 0 fully saturated rings. The molecule has 0 saturated heterocycles. The molecular weight excluding hydrogens is 261 g/mol. The molecule has 5 heteroatoms. The lowest BCUT2D eigenvalue weighted by Crippen LogP contribution is -2.07. The number of nitrogens with zero attached hydrogens (tertiary/aromatic N) is 1. The first-order valence-electron chi connectivity index (χ1n) is 6.16. The quantitative estimate of drug-likeness (QED) is 0.687. The van der Waals surface area contributed by atoms with E-state index >= 15 is 0 Å². The van der Waals surface area contributed by atoms with E-state index in [1.54, 1.807) is 37.3 Å². The summed E-state index contributed by atoms with van der Waals surface area (Å²) in [5.74, 6) is -0.474. The smallest absolute Gasteiger partial charge is 0.272 e. The Bertz CT molecular complexity index is 643. The normalized spacial score (nSPS) is 12.2. The maximum absolute atomic E-state index is 13.9. The average molecular weight is 275 g/mol. The highest BCUT2D eigenvalue weighted by Crippen LogP contribution is 2.27. The monoisotopic (exact) mass is 275 g/mol. The number of aryl methyl sites for hydroxylation is 1. The summed E-state index contributed by atoms with van der Waals surface area (Å²) in [5.41, 5.74) is 0.901. The second-order valence-corrected chi connectivity index (χ2v) is 4.58. The minimum Gasteiger partial charge on any atom is -0.388 e. The van der Waals surface area contributed by atoms with Crippen LogP contribution in [0.2, 0.25) is 0 Å². The van der Waals surface area contributed by atoms with E-state index in [9.17, 15) is 19.6 Å². The summed E-state index contributed by atoms with van der Waals surface area (Å²) in [6.45, 7) is 1.61. The Morgan fingerprint density at radius 3 is 2.65 bits per heavy atom. The van der Waals surface area contributed by atoms with Crippen LogP contribution in [0.1, 0.15) is 22.8 Å². The van der Waals surface area contributed by atoms with Gasteiger partial charge in [-0.25, -0.2) is 4.39 Å². The summed E-state index contributed by atoms with van der Waals surface area (Å²) < 4.78 is 13.9. The second kappa shape index (κ2) is 5.79. The van der Waals surface area contributed by atoms with Crippen LogP contribution in [-0.4, -0.2) is 10.0 Å². The van der Waals surface area contributed by atoms with Gasteiger partial charge in [0.15, 0.2) is 0 Å². The first-order valence-corrected chi connectivity index (χ1v) is 6.16. The zero-order valence-electron chi connectivity index (χ0n) is 10.9. The van der Waals surface area contributed by atoms with Crippen LogP contribution in [-0.2, 0) is 6.42 Å². The van der Waals surface area contributed by atoms with Gasteiger partial charge >= 0.3 is 0 Å². The van der Waals surface area contributed by atoms with Crippen LogP contribution in [0, 0.1) is 22.9 Å². The largest absolute Gasteiger partial charge is 0.388 e. The van der Waals surface area contributed by atoms with Crippen molar-refractivity contribution in [1.82, 2.24) is 0 Å². The second-order valence-electron chi connectivity index (χ2n) is 4.58. The molecule has 2 aromatic rings. The third-order valence-corrected chi connectivity index (χ3v) is 3.18. The summed E-state index contributed by atoms with van der Waals surface area (Å²) in [7, 11) is 0. The number of aliphatic hydroxyl groups is 1. The highest BCUT2D eigenvalue weighted by atomic mass is 19.1. The maximum atomic E-state index is 13.9. The Morgan fingerprint density at radius 2 is 1.95 bits per heavy atom. The summed E-state index contributed by atoms with van der Waals surface area (Å²) in [4.78, 5) is 10.4. The minimum absolute atomic E-state index is 0.00245. The summed E-state index contributed by atoms with van der Waals surface area (Å²) in [6, 6.07) is 10.9. The van der Waals surface area contributed by atoms with Crippen LogP contribution in [0.15, 0.2) is 42.5 Å². The molecule has 0 spiro atoms. The predicted octanol–water partition coefficient (Wildman–Crippen LogP) is 3.32. The molecule has 0 saturated carbocycles. The minimum atomic E-state index is -1.11. The molecule has 0 bridgehead atoms. The maximum Gasteiger partial charge on any atom is 0.272 e. The first-order chi connectivity index (χ1) is 9.50. The van der Waals surface area contributed by atoms with Gasteiger partial charge in [-0.05, 0) is 12.5 Å². The van der Waals surface area contributed by atoms with Gasteiger partial charge in [-0.3, -0.25) is 10.1 Å². The van der Waals surface area contributed by atoms with Crippen molar-refractivity contribution in [3.63, 3.8) is 0 Å². The van der Waals surface area contributed by atoms with E-state index < -0.39 is 16.8 Å². The highest BCUT2D eigenvalue weighted by molar-refractivity contribution is 5.41. The molecule has 2 rings (SSSR count). The zero-order valence-corrected chi connectivity index (χ0v) is 10.9. The lowest BCUT2D eigenvalue weighted by molar-refractivity contribution is -0.385. The molecule has 0 amide bonds. The molecule has 0 heterocycles. The number of hydrogen-bond donors (Lipinski definition) is 1. The third-order valence-electron chi connectivity index (χ3n) is 3.18. The van der Waals surface area contributed by atoms with Crippen molar-refractivity contribution < 1.29 is 14.4 Å². The Labute approximate surface area is 115 Å². The summed E-state index contributed by atoms with van der Waals surface area (Å²) in [5, 5.41) is 21.0. The van der Waals surface area contributed by atoms with E-state index in [0.29, 0.717) is 11.1 Å². The van der Waals surface area contributed by atoms with Crippen LogP contribution in [0.25, 0.3) is 0 Å². The number of aliphatic hydroxyl groups excluding tert-OH is 1. The van der Waals surface area contributed by atoms with Crippen LogP contribution < -0.4 is 0 Å². The molecular formula is C15H14FNO3. The molecule has 104 valence electrons. The van der Waals surface area contributed by atoms with Crippen molar-refractivity contribution in [2.45, 2.75) is 19.4 Å². The number of para-hydroxylation sites is 1. The molecule has 0 aromatic heterocycles. The first kappa shape index (κ1) is 14.1. The molecule has 1 atom stereocenters. The Balaban J connectivity index is 2.30. The predicted molar refractivity (Wildman–Crippen MR) is 72.9 cm³/mol. The number of rotatable bonds is 4.